The van der Waals surface area contributed by atoms with Crippen LogP contribution in [0.25, 0.3) is 0 Å². The standard InChI is InChI=1S/C22H24ClFN4O4/c1-13-10-26-17(11-25-13)20(31)28-22-6-4-21(5-7-22,9-18(22)29)27-19(30)12-32-14-2-3-15(23)16(24)8-14/h2-3,8,10-11,18,29H,4-7,9,12H2,1H3,(H,27,30)(H,28,31)/t18-,21?,22?/m0/s1. The number of fused-ring (bicyclic) bond motifs is 3. The third-order valence-corrected chi connectivity index (χ3v) is 6.67. The van der Waals surface area contributed by atoms with E-state index in [1.165, 1.54) is 24.5 Å². The SMILES string of the molecule is Cc1cnc(C(=O)NC23CCC(NC(=O)COc4ccc(Cl)c(F)c4)(CC2)C[C@@H]3O)cn1. The highest BCUT2D eigenvalue weighted by Gasteiger charge is 2.55. The minimum absolute atomic E-state index is 0.0240. The van der Waals surface area contributed by atoms with Gasteiger partial charge in [-0.05, 0) is 51.2 Å². The van der Waals surface area contributed by atoms with Gasteiger partial charge in [-0.25, -0.2) is 9.37 Å². The van der Waals surface area contributed by atoms with Gasteiger partial charge in [-0.3, -0.25) is 14.6 Å². The Morgan fingerprint density at radius 3 is 2.59 bits per heavy atom. The summed E-state index contributed by atoms with van der Waals surface area (Å²) in [7, 11) is 0. The zero-order chi connectivity index (χ0) is 22.9. The number of aliphatic hydroxyl groups excluding tert-OH is 1. The zero-order valence-electron chi connectivity index (χ0n) is 17.5. The van der Waals surface area contributed by atoms with Crippen molar-refractivity contribution in [1.82, 2.24) is 20.6 Å². The Labute approximate surface area is 189 Å². The maximum absolute atomic E-state index is 13.5. The molecule has 32 heavy (non-hydrogen) atoms. The number of nitrogens with zero attached hydrogens (tertiary/aromatic N) is 2. The minimum atomic E-state index is -0.820. The average Bonchev–Trinajstić information content (AvgIpc) is 2.76. The van der Waals surface area contributed by atoms with Crippen LogP contribution in [0.3, 0.4) is 0 Å². The molecule has 2 bridgehead atoms. The van der Waals surface area contributed by atoms with Gasteiger partial charge in [-0.1, -0.05) is 11.6 Å². The van der Waals surface area contributed by atoms with E-state index in [0.29, 0.717) is 37.8 Å². The summed E-state index contributed by atoms with van der Waals surface area (Å²) in [4.78, 5) is 33.3. The monoisotopic (exact) mass is 462 g/mol. The van der Waals surface area contributed by atoms with Gasteiger partial charge in [0.2, 0.25) is 0 Å². The molecule has 3 saturated carbocycles. The first-order chi connectivity index (χ1) is 15.2. The lowest BCUT2D eigenvalue weighted by molar-refractivity contribution is -0.129. The number of carbonyl (C=O) groups is 2. The Hall–Kier alpha value is -2.78. The van der Waals surface area contributed by atoms with Crippen molar-refractivity contribution in [2.45, 2.75) is 56.2 Å². The molecule has 0 saturated heterocycles. The number of ether oxygens (including phenoxy) is 1. The van der Waals surface area contributed by atoms with Crippen LogP contribution in [0.4, 0.5) is 4.39 Å². The molecule has 170 valence electrons. The Kier molecular flexibility index (Phi) is 6.05. The third kappa shape index (κ3) is 4.54. The lowest BCUT2D eigenvalue weighted by Crippen LogP contribution is -2.70. The van der Waals surface area contributed by atoms with Crippen LogP contribution < -0.4 is 15.4 Å². The molecule has 1 aromatic heterocycles. The Balaban J connectivity index is 1.34. The van der Waals surface area contributed by atoms with Crippen molar-refractivity contribution in [2.24, 2.45) is 0 Å². The fourth-order valence-corrected chi connectivity index (χ4v) is 4.63. The summed E-state index contributed by atoms with van der Waals surface area (Å²) in [6.45, 7) is 1.50. The maximum Gasteiger partial charge on any atom is 0.272 e. The van der Waals surface area contributed by atoms with Gasteiger partial charge in [0.15, 0.2) is 6.61 Å². The van der Waals surface area contributed by atoms with Crippen LogP contribution in [0.15, 0.2) is 30.6 Å². The number of benzene rings is 1. The number of halogens is 2. The second-order valence-electron chi connectivity index (χ2n) is 8.57. The molecule has 3 N–H and O–H groups in total. The number of hydrogen-bond donors (Lipinski definition) is 3. The Morgan fingerprint density at radius 1 is 1.22 bits per heavy atom. The van der Waals surface area contributed by atoms with Crippen LogP contribution >= 0.6 is 11.6 Å². The van der Waals surface area contributed by atoms with E-state index in [1.54, 1.807) is 6.92 Å². The summed E-state index contributed by atoms with van der Waals surface area (Å²) >= 11 is 5.64. The first-order valence-corrected chi connectivity index (χ1v) is 10.8. The Morgan fingerprint density at radius 2 is 1.97 bits per heavy atom. The van der Waals surface area contributed by atoms with E-state index in [1.807, 2.05) is 0 Å². The van der Waals surface area contributed by atoms with Gasteiger partial charge in [-0.2, -0.15) is 0 Å². The van der Waals surface area contributed by atoms with Crippen LogP contribution in [0, 0.1) is 12.7 Å². The predicted octanol–water partition coefficient (Wildman–Crippen LogP) is 2.32. The van der Waals surface area contributed by atoms with Crippen LogP contribution in [0.2, 0.25) is 5.02 Å². The van der Waals surface area contributed by atoms with Crippen LogP contribution in [-0.2, 0) is 4.79 Å². The number of aliphatic hydroxyl groups is 1. The molecule has 1 heterocycles. The number of aromatic nitrogens is 2. The van der Waals surface area contributed by atoms with Gasteiger partial charge in [0.25, 0.3) is 11.8 Å². The molecule has 2 amide bonds. The van der Waals surface area contributed by atoms with Crippen molar-refractivity contribution in [3.63, 3.8) is 0 Å². The van der Waals surface area contributed by atoms with E-state index in [2.05, 4.69) is 20.6 Å². The van der Waals surface area contributed by atoms with Gasteiger partial charge in [-0.15, -0.1) is 0 Å². The van der Waals surface area contributed by atoms with Crippen molar-refractivity contribution in [2.75, 3.05) is 6.61 Å². The van der Waals surface area contributed by atoms with E-state index in [0.717, 1.165) is 6.07 Å². The van der Waals surface area contributed by atoms with Crippen molar-refractivity contribution in [3.8, 4) is 5.75 Å². The first kappa shape index (κ1) is 22.4. The molecule has 3 fully saturated rings. The predicted molar refractivity (Wildman–Crippen MR) is 114 cm³/mol. The smallest absolute Gasteiger partial charge is 0.272 e. The van der Waals surface area contributed by atoms with Gasteiger partial charge in [0.05, 0.1) is 28.6 Å². The molecular weight excluding hydrogens is 439 g/mol. The number of aryl methyl sites for hydroxylation is 1. The number of amides is 2. The molecule has 5 rings (SSSR count). The molecule has 2 aromatic rings. The molecule has 1 atom stereocenters. The fraction of sp³-hybridized carbons (Fsp3) is 0.455. The van der Waals surface area contributed by atoms with Crippen LogP contribution in [0.5, 0.6) is 5.75 Å². The fourth-order valence-electron chi connectivity index (χ4n) is 4.51. The molecule has 8 nitrogen and oxygen atoms in total. The molecule has 10 heteroatoms. The zero-order valence-corrected chi connectivity index (χ0v) is 18.3. The molecule has 0 aliphatic heterocycles. The van der Waals surface area contributed by atoms with E-state index < -0.39 is 23.0 Å². The summed E-state index contributed by atoms with van der Waals surface area (Å²) < 4.78 is 18.9. The molecular formula is C22H24ClFN4O4. The van der Waals surface area contributed by atoms with Crippen molar-refractivity contribution < 1.29 is 23.8 Å². The topological polar surface area (TPSA) is 113 Å². The molecule has 3 aliphatic carbocycles. The number of rotatable bonds is 6. The number of carbonyl (C=O) groups excluding carboxylic acids is 2. The molecule has 0 radical (unpaired) electrons. The summed E-state index contributed by atoms with van der Waals surface area (Å²) in [5, 5.41) is 16.8. The van der Waals surface area contributed by atoms with Gasteiger partial charge >= 0.3 is 0 Å². The quantitative estimate of drug-likeness (QED) is 0.607. The van der Waals surface area contributed by atoms with Crippen molar-refractivity contribution >= 4 is 23.4 Å². The molecule has 3 aliphatic rings. The largest absolute Gasteiger partial charge is 0.484 e. The van der Waals surface area contributed by atoms with Crippen LogP contribution in [-0.4, -0.2) is 50.7 Å². The first-order valence-electron chi connectivity index (χ1n) is 10.4. The second-order valence-corrected chi connectivity index (χ2v) is 8.97. The van der Waals surface area contributed by atoms with Crippen molar-refractivity contribution in [3.05, 3.63) is 52.8 Å². The molecule has 0 spiro atoms. The maximum atomic E-state index is 13.5. The normalized spacial score (nSPS) is 26.4. The summed E-state index contributed by atoms with van der Waals surface area (Å²) in [5.74, 6) is -1.16. The van der Waals surface area contributed by atoms with E-state index in [-0.39, 0.29) is 34.9 Å². The summed E-state index contributed by atoms with van der Waals surface area (Å²) in [6.07, 6.45) is 4.66. The van der Waals surface area contributed by atoms with E-state index in [9.17, 15) is 19.1 Å². The highest BCUT2D eigenvalue weighted by atomic mass is 35.5. The van der Waals surface area contributed by atoms with Gasteiger partial charge in [0.1, 0.15) is 17.3 Å². The van der Waals surface area contributed by atoms with E-state index >= 15 is 0 Å². The number of hydrogen-bond acceptors (Lipinski definition) is 6. The van der Waals surface area contributed by atoms with Crippen LogP contribution in [0.1, 0.15) is 48.3 Å². The Bertz CT molecular complexity index is 1030. The molecule has 0 unspecified atom stereocenters. The minimum Gasteiger partial charge on any atom is -0.484 e. The molecule has 1 aromatic carbocycles. The lowest BCUT2D eigenvalue weighted by atomic mass is 9.60. The summed E-state index contributed by atoms with van der Waals surface area (Å²) in [6, 6.07) is 3.96. The third-order valence-electron chi connectivity index (χ3n) is 6.36. The second kappa shape index (κ2) is 8.63. The van der Waals surface area contributed by atoms with E-state index in [4.69, 9.17) is 16.3 Å². The lowest BCUT2D eigenvalue weighted by Gasteiger charge is -2.56. The van der Waals surface area contributed by atoms with Gasteiger partial charge in [0, 0.05) is 17.8 Å². The highest BCUT2D eigenvalue weighted by Crippen LogP contribution is 2.47. The average molecular weight is 463 g/mol. The van der Waals surface area contributed by atoms with Crippen molar-refractivity contribution in [1.29, 1.82) is 0 Å². The number of nitrogens with one attached hydrogen (secondary N) is 2. The highest BCUT2D eigenvalue weighted by molar-refractivity contribution is 6.30. The van der Waals surface area contributed by atoms with Gasteiger partial charge < -0.3 is 20.5 Å². The summed E-state index contributed by atoms with van der Waals surface area (Å²) in [5.41, 5.74) is -0.418.